The van der Waals surface area contributed by atoms with E-state index in [1.54, 1.807) is 11.1 Å². The van der Waals surface area contributed by atoms with E-state index in [0.717, 1.165) is 18.1 Å². The average molecular weight is 298 g/mol. The molecule has 0 aromatic heterocycles. The van der Waals surface area contributed by atoms with E-state index in [-0.39, 0.29) is 0 Å². The van der Waals surface area contributed by atoms with Crippen molar-refractivity contribution in [1.82, 2.24) is 0 Å². The van der Waals surface area contributed by atoms with Crippen molar-refractivity contribution in [3.8, 4) is 0 Å². The van der Waals surface area contributed by atoms with Gasteiger partial charge in [-0.1, -0.05) is 55.3 Å². The van der Waals surface area contributed by atoms with Crippen LogP contribution in [0.5, 0.6) is 0 Å². The number of nitrogens with one attached hydrogen (secondary N) is 2. The number of carbonyl (C=O) groups excluding carboxylic acids is 2. The molecule has 116 valence electrons. The predicted molar refractivity (Wildman–Crippen MR) is 85.2 cm³/mol. The summed E-state index contributed by atoms with van der Waals surface area (Å²) in [6, 6.07) is 11.0. The lowest BCUT2D eigenvalue weighted by Crippen LogP contribution is -2.43. The molecular formula is C18H22N2O2. The molecular weight excluding hydrogens is 276 g/mol. The molecule has 22 heavy (non-hydrogen) atoms. The molecule has 3 aliphatic carbocycles. The SMILES string of the molecule is CC1=C2CC(CC1c1ccccc1)C2(C)C.N=C=O.N=C=O. The Kier molecular flexibility index (Phi) is 6.18. The highest BCUT2D eigenvalue weighted by molar-refractivity contribution is 5.41. The number of allylic oxidation sites excluding steroid dienone is 2. The highest BCUT2D eigenvalue weighted by atomic mass is 16.1. The standard InChI is InChI=1S/C16H20.2CHNO/c1-11-14(12-7-5-4-6-8-12)9-13-10-15(11)16(13,2)3;2*2-1-3/h4-8,13-14H,9-10H2,1-3H3;2*2H. The van der Waals surface area contributed by atoms with Crippen LogP contribution in [0, 0.1) is 22.2 Å². The summed E-state index contributed by atoms with van der Waals surface area (Å²) in [5.41, 5.74) is 5.39. The topological polar surface area (TPSA) is 81.8 Å². The smallest absolute Gasteiger partial charge is 0.222 e. The summed E-state index contributed by atoms with van der Waals surface area (Å²) in [5, 5.41) is 10.8. The average Bonchev–Trinajstić information content (AvgIpc) is 2.49. The molecule has 0 amide bonds. The number of hydrogen-bond donors (Lipinski definition) is 2. The van der Waals surface area contributed by atoms with Gasteiger partial charge in [0, 0.05) is 5.92 Å². The molecule has 1 aromatic rings. The van der Waals surface area contributed by atoms with E-state index in [4.69, 9.17) is 20.4 Å². The van der Waals surface area contributed by atoms with E-state index in [2.05, 4.69) is 51.1 Å². The Morgan fingerprint density at radius 3 is 2.00 bits per heavy atom. The van der Waals surface area contributed by atoms with Crippen LogP contribution in [0.2, 0.25) is 0 Å². The second-order valence-electron chi connectivity index (χ2n) is 6.19. The Morgan fingerprint density at radius 2 is 1.59 bits per heavy atom. The zero-order chi connectivity index (χ0) is 16.8. The third kappa shape index (κ3) is 3.48. The molecule has 2 bridgehead atoms. The van der Waals surface area contributed by atoms with Crippen LogP contribution in [0.15, 0.2) is 41.5 Å². The fraction of sp³-hybridized carbons (Fsp3) is 0.444. The first-order chi connectivity index (χ1) is 10.4. The summed E-state index contributed by atoms with van der Waals surface area (Å²) < 4.78 is 0. The maximum absolute atomic E-state index is 8.35. The number of hydrogen-bond acceptors (Lipinski definition) is 4. The Balaban J connectivity index is 0.000000353. The second-order valence-corrected chi connectivity index (χ2v) is 6.19. The normalized spacial score (nSPS) is 23.4. The second kappa shape index (κ2) is 7.65. The van der Waals surface area contributed by atoms with Crippen LogP contribution in [-0.4, -0.2) is 12.2 Å². The van der Waals surface area contributed by atoms with Gasteiger partial charge in [0.05, 0.1) is 0 Å². The third-order valence-corrected chi connectivity index (χ3v) is 4.97. The van der Waals surface area contributed by atoms with Crippen LogP contribution < -0.4 is 0 Å². The van der Waals surface area contributed by atoms with Gasteiger partial charge in [0.15, 0.2) is 0 Å². The number of isocyanates is 2. The molecule has 1 fully saturated rings. The summed E-state index contributed by atoms with van der Waals surface area (Å²) in [4.78, 5) is 16.7. The van der Waals surface area contributed by atoms with E-state index >= 15 is 0 Å². The quantitative estimate of drug-likeness (QED) is 0.459. The van der Waals surface area contributed by atoms with Crippen molar-refractivity contribution < 1.29 is 9.59 Å². The third-order valence-electron chi connectivity index (χ3n) is 4.97. The van der Waals surface area contributed by atoms with Crippen LogP contribution in [-0.2, 0) is 9.59 Å². The number of benzene rings is 1. The zero-order valence-corrected chi connectivity index (χ0v) is 13.3. The largest absolute Gasteiger partial charge is 0.231 e. The maximum Gasteiger partial charge on any atom is 0.231 e. The van der Waals surface area contributed by atoms with E-state index in [9.17, 15) is 0 Å². The van der Waals surface area contributed by atoms with Crippen molar-refractivity contribution in [2.75, 3.05) is 0 Å². The van der Waals surface area contributed by atoms with Gasteiger partial charge < -0.3 is 0 Å². The zero-order valence-electron chi connectivity index (χ0n) is 13.3. The van der Waals surface area contributed by atoms with Crippen LogP contribution in [0.3, 0.4) is 0 Å². The number of rotatable bonds is 1. The molecule has 2 N–H and O–H groups in total. The minimum absolute atomic E-state index is 0.495. The molecule has 0 aliphatic heterocycles. The monoisotopic (exact) mass is 298 g/mol. The summed E-state index contributed by atoms with van der Waals surface area (Å²) in [6.07, 6.45) is 4.22. The first-order valence-corrected chi connectivity index (χ1v) is 7.26. The van der Waals surface area contributed by atoms with Crippen LogP contribution in [0.25, 0.3) is 0 Å². The van der Waals surface area contributed by atoms with Crippen molar-refractivity contribution in [3.05, 3.63) is 47.0 Å². The summed E-state index contributed by atoms with van der Waals surface area (Å²) in [5.74, 6) is 1.61. The molecule has 4 nitrogen and oxygen atoms in total. The summed E-state index contributed by atoms with van der Waals surface area (Å²) in [6.45, 7) is 7.19. The van der Waals surface area contributed by atoms with Crippen molar-refractivity contribution in [2.45, 2.75) is 39.5 Å². The van der Waals surface area contributed by atoms with E-state index in [1.165, 1.54) is 18.4 Å². The first kappa shape index (κ1) is 17.8. The van der Waals surface area contributed by atoms with E-state index in [0.29, 0.717) is 11.3 Å². The lowest BCUT2D eigenvalue weighted by Gasteiger charge is -2.55. The van der Waals surface area contributed by atoms with Gasteiger partial charge in [-0.2, -0.15) is 0 Å². The molecule has 0 radical (unpaired) electrons. The number of fused-ring (bicyclic) bond motifs is 2. The summed E-state index contributed by atoms with van der Waals surface area (Å²) >= 11 is 0. The fourth-order valence-corrected chi connectivity index (χ4v) is 3.67. The van der Waals surface area contributed by atoms with Crippen molar-refractivity contribution in [1.29, 1.82) is 10.8 Å². The van der Waals surface area contributed by atoms with E-state index < -0.39 is 0 Å². The molecule has 4 heteroatoms. The lowest BCUT2D eigenvalue weighted by atomic mass is 9.50. The van der Waals surface area contributed by atoms with Gasteiger partial charge >= 0.3 is 0 Å². The van der Waals surface area contributed by atoms with Crippen LogP contribution in [0.1, 0.15) is 45.1 Å². The Morgan fingerprint density at radius 1 is 1.09 bits per heavy atom. The van der Waals surface area contributed by atoms with Crippen molar-refractivity contribution >= 4 is 12.2 Å². The highest BCUT2D eigenvalue weighted by Gasteiger charge is 2.49. The minimum atomic E-state index is 0.495. The molecule has 2 atom stereocenters. The van der Waals surface area contributed by atoms with Gasteiger partial charge in [0.1, 0.15) is 0 Å². The molecule has 0 heterocycles. The van der Waals surface area contributed by atoms with Crippen LogP contribution >= 0.6 is 0 Å². The molecule has 3 aliphatic rings. The van der Waals surface area contributed by atoms with Gasteiger partial charge in [-0.3, -0.25) is 0 Å². The van der Waals surface area contributed by atoms with Gasteiger partial charge in [-0.25, -0.2) is 20.4 Å². The Bertz CT molecular complexity index is 593. The van der Waals surface area contributed by atoms with Crippen LogP contribution in [0.4, 0.5) is 0 Å². The van der Waals surface area contributed by atoms with Gasteiger partial charge in [0.25, 0.3) is 0 Å². The summed E-state index contributed by atoms with van der Waals surface area (Å²) in [7, 11) is 0. The molecule has 1 saturated carbocycles. The first-order valence-electron chi connectivity index (χ1n) is 7.26. The molecule has 4 rings (SSSR count). The van der Waals surface area contributed by atoms with Gasteiger partial charge in [-0.05, 0) is 36.7 Å². The van der Waals surface area contributed by atoms with Crippen molar-refractivity contribution in [3.63, 3.8) is 0 Å². The molecule has 1 aromatic carbocycles. The van der Waals surface area contributed by atoms with E-state index in [1.807, 2.05) is 0 Å². The predicted octanol–water partition coefficient (Wildman–Crippen LogP) is 4.34. The lowest BCUT2D eigenvalue weighted by molar-refractivity contribution is 0.124. The Hall–Kier alpha value is -2.28. The highest BCUT2D eigenvalue weighted by Crippen LogP contribution is 2.61. The molecule has 2 unspecified atom stereocenters. The van der Waals surface area contributed by atoms with Gasteiger partial charge in [0.2, 0.25) is 12.2 Å². The molecule has 0 saturated heterocycles. The minimum Gasteiger partial charge on any atom is -0.222 e. The van der Waals surface area contributed by atoms with Crippen molar-refractivity contribution in [2.24, 2.45) is 11.3 Å². The van der Waals surface area contributed by atoms with Gasteiger partial charge in [-0.15, -0.1) is 0 Å². The fourth-order valence-electron chi connectivity index (χ4n) is 3.67. The maximum atomic E-state index is 8.35. The Labute approximate surface area is 131 Å². The molecule has 0 spiro atoms.